The Morgan fingerprint density at radius 3 is 2.70 bits per heavy atom. The fourth-order valence-electron chi connectivity index (χ4n) is 3.48. The normalized spacial score (nSPS) is 17.0. The van der Waals surface area contributed by atoms with Crippen LogP contribution in [0.4, 0.5) is 10.5 Å². The number of nitrogens with one attached hydrogen (secondary N) is 4. The molecule has 1 aromatic carbocycles. The maximum atomic E-state index is 12.5. The number of carbonyl (C=O) groups excluding carboxylic acids is 2. The Morgan fingerprint density at radius 2 is 1.97 bits per heavy atom. The third kappa shape index (κ3) is 8.57. The van der Waals surface area contributed by atoms with Crippen LogP contribution in [0, 0.1) is 11.8 Å². The molecule has 0 spiro atoms. The molecular formula is C22H35N5O2S. The summed E-state index contributed by atoms with van der Waals surface area (Å²) in [6, 6.07) is 9.15. The van der Waals surface area contributed by atoms with Crippen LogP contribution in [-0.4, -0.2) is 41.6 Å². The van der Waals surface area contributed by atoms with E-state index in [9.17, 15) is 9.59 Å². The number of hydrogen-bond donors (Lipinski definition) is 4. The number of unbranched alkanes of at least 4 members (excludes halogenated alkanes) is 2. The summed E-state index contributed by atoms with van der Waals surface area (Å²) < 4.78 is 0. The van der Waals surface area contributed by atoms with Gasteiger partial charge in [0.25, 0.3) is 0 Å². The van der Waals surface area contributed by atoms with Crippen molar-refractivity contribution in [3.05, 3.63) is 30.3 Å². The van der Waals surface area contributed by atoms with Crippen LogP contribution in [0.3, 0.4) is 0 Å². The third-order valence-corrected chi connectivity index (χ3v) is 5.56. The van der Waals surface area contributed by atoms with Crippen molar-refractivity contribution in [2.45, 2.75) is 52.4 Å². The van der Waals surface area contributed by atoms with Gasteiger partial charge in [-0.15, -0.1) is 0 Å². The first-order valence-electron chi connectivity index (χ1n) is 10.9. The number of hydrogen-bond acceptors (Lipinski definition) is 3. The summed E-state index contributed by atoms with van der Waals surface area (Å²) >= 11 is 5.25. The van der Waals surface area contributed by atoms with Gasteiger partial charge in [0.1, 0.15) is 0 Å². The second-order valence-corrected chi connectivity index (χ2v) is 8.41. The van der Waals surface area contributed by atoms with Crippen LogP contribution in [0.2, 0.25) is 0 Å². The number of piperidine rings is 1. The number of amides is 3. The van der Waals surface area contributed by atoms with Gasteiger partial charge in [-0.05, 0) is 49.5 Å². The molecule has 0 aliphatic carbocycles. The van der Waals surface area contributed by atoms with Gasteiger partial charge >= 0.3 is 6.03 Å². The fraction of sp³-hybridized carbons (Fsp3) is 0.591. The largest absolute Gasteiger partial charge is 0.361 e. The molecule has 1 fully saturated rings. The van der Waals surface area contributed by atoms with Crippen molar-refractivity contribution in [2.24, 2.45) is 11.8 Å². The van der Waals surface area contributed by atoms with Crippen molar-refractivity contribution in [1.82, 2.24) is 21.1 Å². The van der Waals surface area contributed by atoms with Gasteiger partial charge in [0.15, 0.2) is 5.11 Å². The molecule has 30 heavy (non-hydrogen) atoms. The highest BCUT2D eigenvalue weighted by Gasteiger charge is 2.28. The molecule has 1 aliphatic rings. The average Bonchev–Trinajstić information content (AvgIpc) is 2.77. The van der Waals surface area contributed by atoms with Crippen LogP contribution in [0.15, 0.2) is 30.3 Å². The molecular weight excluding hydrogens is 398 g/mol. The highest BCUT2D eigenvalue weighted by molar-refractivity contribution is 7.80. The second kappa shape index (κ2) is 13.1. The smallest absolute Gasteiger partial charge is 0.321 e. The van der Waals surface area contributed by atoms with Gasteiger partial charge in [-0.25, -0.2) is 4.79 Å². The van der Waals surface area contributed by atoms with E-state index in [4.69, 9.17) is 12.2 Å². The molecule has 0 bridgehead atoms. The summed E-state index contributed by atoms with van der Waals surface area (Å²) in [5.74, 6) is 0.123. The number of rotatable bonds is 8. The van der Waals surface area contributed by atoms with Crippen LogP contribution in [0.25, 0.3) is 0 Å². The van der Waals surface area contributed by atoms with Gasteiger partial charge in [0.2, 0.25) is 5.91 Å². The Labute approximate surface area is 185 Å². The van der Waals surface area contributed by atoms with E-state index in [1.54, 1.807) is 4.90 Å². The number of anilines is 1. The minimum absolute atomic E-state index is 0.146. The van der Waals surface area contributed by atoms with Crippen LogP contribution >= 0.6 is 12.2 Å². The first-order valence-corrected chi connectivity index (χ1v) is 11.3. The quantitative estimate of drug-likeness (QED) is 0.286. The van der Waals surface area contributed by atoms with Gasteiger partial charge in [-0.3, -0.25) is 15.6 Å². The molecule has 0 unspecified atom stereocenters. The third-order valence-electron chi connectivity index (χ3n) is 5.32. The van der Waals surface area contributed by atoms with E-state index in [-0.39, 0.29) is 17.9 Å². The molecule has 2 rings (SSSR count). The molecule has 0 aromatic heterocycles. The minimum Gasteiger partial charge on any atom is -0.361 e. The molecule has 1 aromatic rings. The molecule has 0 saturated carbocycles. The van der Waals surface area contributed by atoms with Crippen molar-refractivity contribution in [2.75, 3.05) is 25.0 Å². The zero-order valence-corrected chi connectivity index (χ0v) is 18.9. The molecule has 3 amide bonds. The molecule has 1 heterocycles. The number of hydrazine groups is 1. The fourth-order valence-corrected chi connectivity index (χ4v) is 3.61. The van der Waals surface area contributed by atoms with Crippen LogP contribution in [-0.2, 0) is 4.79 Å². The highest BCUT2D eigenvalue weighted by Crippen LogP contribution is 2.18. The van der Waals surface area contributed by atoms with Gasteiger partial charge in [0.05, 0.1) is 5.92 Å². The van der Waals surface area contributed by atoms with Crippen LogP contribution < -0.4 is 21.5 Å². The molecule has 166 valence electrons. The first kappa shape index (κ1) is 23.9. The first-order chi connectivity index (χ1) is 14.5. The Morgan fingerprint density at radius 1 is 1.20 bits per heavy atom. The SMILES string of the molecule is CCCCC[C@@H](C)CNC(=S)NNC(=O)[C@@H]1CCCN(C(=O)Nc2ccccc2)C1. The minimum atomic E-state index is -0.261. The maximum Gasteiger partial charge on any atom is 0.321 e. The molecule has 8 heteroatoms. The monoisotopic (exact) mass is 433 g/mol. The molecule has 1 saturated heterocycles. The summed E-state index contributed by atoms with van der Waals surface area (Å²) in [6.45, 7) is 6.21. The van der Waals surface area contributed by atoms with E-state index >= 15 is 0 Å². The van der Waals surface area contributed by atoms with Gasteiger partial charge in [-0.1, -0.05) is 51.3 Å². The van der Waals surface area contributed by atoms with Crippen molar-refractivity contribution in [1.29, 1.82) is 0 Å². The lowest BCUT2D eigenvalue weighted by Crippen LogP contribution is -2.52. The number of nitrogens with zero attached hydrogens (tertiary/aromatic N) is 1. The maximum absolute atomic E-state index is 12.5. The Kier molecular flexibility index (Phi) is 10.4. The number of benzene rings is 1. The summed E-state index contributed by atoms with van der Waals surface area (Å²) in [6.07, 6.45) is 6.41. The molecule has 1 aliphatic heterocycles. The number of para-hydroxylation sites is 1. The van der Waals surface area contributed by atoms with Gasteiger partial charge in [-0.2, -0.15) is 0 Å². The topological polar surface area (TPSA) is 85.5 Å². The van der Waals surface area contributed by atoms with Gasteiger partial charge in [0, 0.05) is 25.3 Å². The lowest BCUT2D eigenvalue weighted by Gasteiger charge is -2.32. The van der Waals surface area contributed by atoms with Gasteiger partial charge < -0.3 is 15.5 Å². The standard InChI is InChI=1S/C22H35N5O2S/c1-3-4-6-10-17(2)15-23-21(30)26-25-20(28)18-11-9-14-27(16-18)22(29)24-19-12-7-5-8-13-19/h5,7-8,12-13,17-18H,3-4,6,9-11,14-16H2,1-2H3,(H,24,29)(H,25,28)(H2,23,26,30)/t17-,18-/m1/s1. The second-order valence-electron chi connectivity index (χ2n) is 8.01. The van der Waals surface area contributed by atoms with Crippen molar-refractivity contribution >= 4 is 35.0 Å². The Balaban J connectivity index is 1.69. The van der Waals surface area contributed by atoms with E-state index in [2.05, 4.69) is 35.3 Å². The highest BCUT2D eigenvalue weighted by atomic mass is 32.1. The lowest BCUT2D eigenvalue weighted by molar-refractivity contribution is -0.126. The Hall–Kier alpha value is -2.35. The zero-order valence-electron chi connectivity index (χ0n) is 18.1. The summed E-state index contributed by atoms with van der Waals surface area (Å²) in [7, 11) is 0. The van der Waals surface area contributed by atoms with E-state index in [0.717, 1.165) is 25.1 Å². The molecule has 2 atom stereocenters. The van der Waals surface area contributed by atoms with Crippen molar-refractivity contribution < 1.29 is 9.59 Å². The van der Waals surface area contributed by atoms with E-state index in [1.165, 1.54) is 25.7 Å². The average molecular weight is 434 g/mol. The molecule has 4 N–H and O–H groups in total. The zero-order chi connectivity index (χ0) is 21.8. The molecule has 7 nitrogen and oxygen atoms in total. The van der Waals surface area contributed by atoms with Crippen molar-refractivity contribution in [3.63, 3.8) is 0 Å². The predicted molar refractivity (Wildman–Crippen MR) is 125 cm³/mol. The summed E-state index contributed by atoms with van der Waals surface area (Å²) in [4.78, 5) is 26.7. The van der Waals surface area contributed by atoms with Crippen LogP contribution in [0.1, 0.15) is 52.4 Å². The lowest BCUT2D eigenvalue weighted by atomic mass is 9.98. The van der Waals surface area contributed by atoms with Crippen LogP contribution in [0.5, 0.6) is 0 Å². The van der Waals surface area contributed by atoms with Crippen molar-refractivity contribution in [3.8, 4) is 0 Å². The van der Waals surface area contributed by atoms with E-state index < -0.39 is 0 Å². The van der Waals surface area contributed by atoms with E-state index in [0.29, 0.717) is 24.1 Å². The molecule has 0 radical (unpaired) electrons. The number of urea groups is 1. The van der Waals surface area contributed by atoms with E-state index in [1.807, 2.05) is 30.3 Å². The predicted octanol–water partition coefficient (Wildman–Crippen LogP) is 3.64. The number of thiocarbonyl (C=S) groups is 1. The number of carbonyl (C=O) groups is 2. The number of likely N-dealkylation sites (tertiary alicyclic amines) is 1. The summed E-state index contributed by atoms with van der Waals surface area (Å²) in [5.41, 5.74) is 6.22. The summed E-state index contributed by atoms with van der Waals surface area (Å²) in [5, 5.41) is 6.45. The Bertz CT molecular complexity index is 685.